The highest BCUT2D eigenvalue weighted by molar-refractivity contribution is 7.09. The minimum atomic E-state index is -1.08. The van der Waals surface area contributed by atoms with E-state index in [1.807, 2.05) is 32.0 Å². The number of benzene rings is 2. The predicted octanol–water partition coefficient (Wildman–Crippen LogP) is 2.60. The summed E-state index contributed by atoms with van der Waals surface area (Å²) in [4.78, 5) is 40.8. The standard InChI is InChI=1S/C25H29N5O5S/c1-14-5-6-15(2)18(13-14)30(25(33)22-19(26)20(23(27)31)29-36-22)21(24(32)28-11-12-34-3)16-7-9-17(35-4)10-8-16/h5-10,13,21H,11-12,26H2,1-4H3,(H2,27,31)(H,28,32). The molecule has 10 nitrogen and oxygen atoms in total. The molecule has 0 fully saturated rings. The average Bonchev–Trinajstić information content (AvgIpc) is 3.25. The zero-order valence-corrected chi connectivity index (χ0v) is 21.3. The van der Waals surface area contributed by atoms with Crippen molar-refractivity contribution in [2.75, 3.05) is 38.0 Å². The van der Waals surface area contributed by atoms with Gasteiger partial charge in [0.1, 0.15) is 16.7 Å². The van der Waals surface area contributed by atoms with Gasteiger partial charge in [-0.3, -0.25) is 19.3 Å². The summed E-state index contributed by atoms with van der Waals surface area (Å²) in [5.41, 5.74) is 13.9. The van der Waals surface area contributed by atoms with Crippen molar-refractivity contribution in [2.45, 2.75) is 19.9 Å². The fraction of sp³-hybridized carbons (Fsp3) is 0.280. The Morgan fingerprint density at radius 3 is 2.39 bits per heavy atom. The van der Waals surface area contributed by atoms with Gasteiger partial charge in [0.05, 0.1) is 19.4 Å². The number of anilines is 2. The lowest BCUT2D eigenvalue weighted by Gasteiger charge is -2.32. The minimum absolute atomic E-state index is 0.00732. The number of methoxy groups -OCH3 is 2. The third-order valence-corrected chi connectivity index (χ3v) is 6.39. The van der Waals surface area contributed by atoms with E-state index in [1.165, 1.54) is 12.0 Å². The molecule has 11 heteroatoms. The topological polar surface area (TPSA) is 150 Å². The van der Waals surface area contributed by atoms with Crippen LogP contribution in [-0.4, -0.2) is 49.5 Å². The highest BCUT2D eigenvalue weighted by Crippen LogP contribution is 2.35. The number of carbonyl (C=O) groups excluding carboxylic acids is 3. The number of nitrogen functional groups attached to an aromatic ring is 1. The third kappa shape index (κ3) is 5.64. The first-order valence-corrected chi connectivity index (χ1v) is 11.8. The van der Waals surface area contributed by atoms with Crippen molar-refractivity contribution >= 4 is 40.6 Å². The fourth-order valence-corrected chi connectivity index (χ4v) is 4.40. The number of nitrogens with zero attached hydrogens (tertiary/aromatic N) is 2. The second-order valence-corrected chi connectivity index (χ2v) is 8.84. The molecule has 0 spiro atoms. The molecule has 3 rings (SSSR count). The van der Waals surface area contributed by atoms with Crippen LogP contribution in [0.5, 0.6) is 5.75 Å². The van der Waals surface area contributed by atoms with Crippen LogP contribution in [0.1, 0.15) is 42.9 Å². The van der Waals surface area contributed by atoms with Gasteiger partial charge in [0.2, 0.25) is 5.91 Å². The molecule has 3 aromatic rings. The highest BCUT2D eigenvalue weighted by Gasteiger charge is 2.36. The van der Waals surface area contributed by atoms with E-state index in [9.17, 15) is 14.4 Å². The number of hydrogen-bond acceptors (Lipinski definition) is 8. The van der Waals surface area contributed by atoms with E-state index in [2.05, 4.69) is 9.69 Å². The van der Waals surface area contributed by atoms with E-state index in [-0.39, 0.29) is 22.8 Å². The van der Waals surface area contributed by atoms with Crippen LogP contribution in [-0.2, 0) is 9.53 Å². The van der Waals surface area contributed by atoms with Crippen molar-refractivity contribution in [1.29, 1.82) is 0 Å². The first kappa shape index (κ1) is 26.6. The number of nitrogens with one attached hydrogen (secondary N) is 1. The van der Waals surface area contributed by atoms with Gasteiger partial charge in [0.25, 0.3) is 11.8 Å². The van der Waals surface area contributed by atoms with E-state index in [0.29, 0.717) is 23.6 Å². The summed E-state index contributed by atoms with van der Waals surface area (Å²) < 4.78 is 14.3. The molecule has 0 aliphatic carbocycles. The van der Waals surface area contributed by atoms with E-state index < -0.39 is 23.8 Å². The van der Waals surface area contributed by atoms with E-state index in [1.54, 1.807) is 31.4 Å². The van der Waals surface area contributed by atoms with Gasteiger partial charge >= 0.3 is 0 Å². The van der Waals surface area contributed by atoms with Crippen LogP contribution in [0.4, 0.5) is 11.4 Å². The van der Waals surface area contributed by atoms with Gasteiger partial charge in [-0.25, -0.2) is 0 Å². The molecular weight excluding hydrogens is 482 g/mol. The number of nitrogens with two attached hydrogens (primary N) is 2. The molecule has 3 amide bonds. The molecule has 0 saturated carbocycles. The Bertz CT molecular complexity index is 1260. The number of aryl methyl sites for hydroxylation is 2. The first-order chi connectivity index (χ1) is 17.2. The Kier molecular flexibility index (Phi) is 8.62. The van der Waals surface area contributed by atoms with Crippen molar-refractivity contribution < 1.29 is 23.9 Å². The molecule has 0 bridgehead atoms. The predicted molar refractivity (Wildman–Crippen MR) is 138 cm³/mol. The Balaban J connectivity index is 2.23. The second kappa shape index (κ2) is 11.6. The minimum Gasteiger partial charge on any atom is -0.497 e. The highest BCUT2D eigenvalue weighted by atomic mass is 32.1. The molecule has 5 N–H and O–H groups in total. The number of primary amides is 1. The number of aromatic nitrogens is 1. The normalized spacial score (nSPS) is 11.6. The summed E-state index contributed by atoms with van der Waals surface area (Å²) in [6.07, 6.45) is 0. The molecule has 0 saturated heterocycles. The molecule has 1 heterocycles. The smallest absolute Gasteiger partial charge is 0.273 e. The van der Waals surface area contributed by atoms with Crippen LogP contribution >= 0.6 is 11.5 Å². The lowest BCUT2D eigenvalue weighted by atomic mass is 10.0. The van der Waals surface area contributed by atoms with E-state index in [4.69, 9.17) is 20.9 Å². The zero-order chi connectivity index (χ0) is 26.4. The molecule has 1 aromatic heterocycles. The monoisotopic (exact) mass is 511 g/mol. The van der Waals surface area contributed by atoms with Crippen molar-refractivity contribution in [3.8, 4) is 5.75 Å². The van der Waals surface area contributed by atoms with Gasteiger partial charge in [-0.2, -0.15) is 4.37 Å². The molecular formula is C25H29N5O5S. The van der Waals surface area contributed by atoms with Crippen molar-refractivity contribution in [3.63, 3.8) is 0 Å². The van der Waals surface area contributed by atoms with Crippen molar-refractivity contribution in [3.05, 3.63) is 69.7 Å². The summed E-state index contributed by atoms with van der Waals surface area (Å²) in [5.74, 6) is -1.26. The number of hydrogen-bond donors (Lipinski definition) is 3. The van der Waals surface area contributed by atoms with Gasteiger partial charge in [-0.05, 0) is 60.3 Å². The quantitative estimate of drug-likeness (QED) is 0.354. The molecule has 1 atom stereocenters. The molecule has 2 aromatic carbocycles. The Morgan fingerprint density at radius 2 is 1.81 bits per heavy atom. The Labute approximate surface area is 213 Å². The molecule has 0 aliphatic heterocycles. The average molecular weight is 512 g/mol. The number of amides is 3. The number of rotatable bonds is 10. The summed E-state index contributed by atoms with van der Waals surface area (Å²) in [7, 11) is 3.07. The fourth-order valence-electron chi connectivity index (χ4n) is 3.66. The van der Waals surface area contributed by atoms with Crippen LogP contribution in [0.3, 0.4) is 0 Å². The number of carbonyl (C=O) groups is 3. The lowest BCUT2D eigenvalue weighted by Crippen LogP contribution is -2.45. The summed E-state index contributed by atoms with van der Waals surface area (Å²) in [6.45, 7) is 4.26. The van der Waals surface area contributed by atoms with Crippen LogP contribution < -0.4 is 26.4 Å². The maximum Gasteiger partial charge on any atom is 0.273 e. The molecule has 36 heavy (non-hydrogen) atoms. The second-order valence-electron chi connectivity index (χ2n) is 8.06. The SMILES string of the molecule is COCCNC(=O)C(c1ccc(OC)cc1)N(C(=O)c1snc(C(N)=O)c1N)c1cc(C)ccc1C. The maximum absolute atomic E-state index is 14.1. The number of ether oxygens (including phenoxy) is 2. The maximum atomic E-state index is 14.1. The summed E-state index contributed by atoms with van der Waals surface area (Å²) in [6, 6.07) is 11.4. The van der Waals surface area contributed by atoms with Gasteiger partial charge in [0, 0.05) is 19.3 Å². The van der Waals surface area contributed by atoms with Gasteiger partial charge in [0.15, 0.2) is 5.69 Å². The van der Waals surface area contributed by atoms with Crippen LogP contribution in [0.2, 0.25) is 0 Å². The Morgan fingerprint density at radius 1 is 1.11 bits per heavy atom. The Hall–Kier alpha value is -3.96. The van der Waals surface area contributed by atoms with Gasteiger partial charge in [-0.15, -0.1) is 0 Å². The van der Waals surface area contributed by atoms with Crippen LogP contribution in [0.25, 0.3) is 0 Å². The zero-order valence-electron chi connectivity index (χ0n) is 20.5. The molecule has 190 valence electrons. The van der Waals surface area contributed by atoms with Crippen molar-refractivity contribution in [1.82, 2.24) is 9.69 Å². The summed E-state index contributed by atoms with van der Waals surface area (Å²) >= 11 is 0.759. The third-order valence-electron chi connectivity index (χ3n) is 5.54. The van der Waals surface area contributed by atoms with E-state index in [0.717, 1.165) is 22.7 Å². The van der Waals surface area contributed by atoms with E-state index >= 15 is 0 Å². The largest absolute Gasteiger partial charge is 0.497 e. The molecule has 0 radical (unpaired) electrons. The van der Waals surface area contributed by atoms with Gasteiger partial charge in [-0.1, -0.05) is 24.3 Å². The van der Waals surface area contributed by atoms with Crippen LogP contribution in [0.15, 0.2) is 42.5 Å². The van der Waals surface area contributed by atoms with Gasteiger partial charge < -0.3 is 26.3 Å². The van der Waals surface area contributed by atoms with Crippen LogP contribution in [0, 0.1) is 13.8 Å². The van der Waals surface area contributed by atoms with Crippen molar-refractivity contribution in [2.24, 2.45) is 5.73 Å². The summed E-state index contributed by atoms with van der Waals surface area (Å²) in [5, 5.41) is 2.83. The molecule has 0 aliphatic rings. The molecule has 1 unspecified atom stereocenters. The first-order valence-electron chi connectivity index (χ1n) is 11.1. The lowest BCUT2D eigenvalue weighted by molar-refractivity contribution is -0.122.